The summed E-state index contributed by atoms with van der Waals surface area (Å²) in [4.78, 5) is 0. The van der Waals surface area contributed by atoms with Gasteiger partial charge in [-0.1, -0.05) is 43.2 Å². The number of methoxy groups -OCH3 is 1. The van der Waals surface area contributed by atoms with Crippen LogP contribution in [0.4, 0.5) is 0 Å². The van der Waals surface area contributed by atoms with Crippen LogP contribution in [0.3, 0.4) is 0 Å². The van der Waals surface area contributed by atoms with E-state index in [1.807, 2.05) is 18.2 Å². The zero-order valence-corrected chi connectivity index (χ0v) is 12.6. The lowest BCUT2D eigenvalue weighted by atomic mass is 9.84. The molecular formula is C17H27NO2. The standard InChI is InChI=1S/C17H27NO2/c1-13(17(20-2)14-8-4-3-5-9-14)18-16-11-7-6-10-15(16)12-19/h3-5,8-9,13,15-19H,6-7,10-12H2,1-2H3/t13-,15+,16-,17-/m0/s1. The van der Waals surface area contributed by atoms with E-state index in [2.05, 4.69) is 24.4 Å². The van der Waals surface area contributed by atoms with Crippen LogP contribution in [0.25, 0.3) is 0 Å². The highest BCUT2D eigenvalue weighted by Gasteiger charge is 2.28. The number of hydrogen-bond donors (Lipinski definition) is 2. The van der Waals surface area contributed by atoms with Gasteiger partial charge in [0.2, 0.25) is 0 Å². The molecule has 0 amide bonds. The summed E-state index contributed by atoms with van der Waals surface area (Å²) in [7, 11) is 1.76. The van der Waals surface area contributed by atoms with Gasteiger partial charge in [0.1, 0.15) is 0 Å². The van der Waals surface area contributed by atoms with Crippen LogP contribution in [0, 0.1) is 5.92 Å². The quantitative estimate of drug-likeness (QED) is 0.840. The predicted octanol–water partition coefficient (Wildman–Crippen LogP) is 2.90. The molecule has 0 bridgehead atoms. The number of aliphatic hydroxyl groups is 1. The maximum absolute atomic E-state index is 9.52. The molecule has 2 N–H and O–H groups in total. The normalized spacial score (nSPS) is 26.1. The molecule has 0 spiro atoms. The second-order valence-corrected chi connectivity index (χ2v) is 5.86. The number of aliphatic hydroxyl groups excluding tert-OH is 1. The van der Waals surface area contributed by atoms with Crippen LogP contribution in [0.2, 0.25) is 0 Å². The van der Waals surface area contributed by atoms with Gasteiger partial charge in [0.05, 0.1) is 6.10 Å². The predicted molar refractivity (Wildman–Crippen MR) is 81.6 cm³/mol. The van der Waals surface area contributed by atoms with Gasteiger partial charge in [-0.05, 0) is 31.2 Å². The first-order valence-corrected chi connectivity index (χ1v) is 7.71. The lowest BCUT2D eigenvalue weighted by molar-refractivity contribution is 0.0570. The monoisotopic (exact) mass is 277 g/mol. The molecule has 1 saturated carbocycles. The molecule has 0 aliphatic heterocycles. The highest BCUT2D eigenvalue weighted by atomic mass is 16.5. The molecule has 0 unspecified atom stereocenters. The number of nitrogens with one attached hydrogen (secondary N) is 1. The molecule has 4 atom stereocenters. The Morgan fingerprint density at radius 1 is 1.25 bits per heavy atom. The van der Waals surface area contributed by atoms with E-state index in [-0.39, 0.29) is 18.8 Å². The zero-order chi connectivity index (χ0) is 14.4. The largest absolute Gasteiger partial charge is 0.396 e. The minimum Gasteiger partial charge on any atom is -0.396 e. The van der Waals surface area contributed by atoms with Gasteiger partial charge in [-0.3, -0.25) is 0 Å². The Bertz CT molecular complexity index is 382. The maximum atomic E-state index is 9.52. The van der Waals surface area contributed by atoms with E-state index >= 15 is 0 Å². The van der Waals surface area contributed by atoms with Crippen molar-refractivity contribution >= 4 is 0 Å². The Morgan fingerprint density at radius 2 is 1.95 bits per heavy atom. The first-order valence-electron chi connectivity index (χ1n) is 7.71. The molecule has 1 aromatic rings. The van der Waals surface area contributed by atoms with Crippen LogP contribution in [0.1, 0.15) is 44.3 Å². The Morgan fingerprint density at radius 3 is 2.60 bits per heavy atom. The molecule has 1 aliphatic carbocycles. The topological polar surface area (TPSA) is 41.5 Å². The molecule has 112 valence electrons. The van der Waals surface area contributed by atoms with E-state index in [4.69, 9.17) is 4.74 Å². The minimum atomic E-state index is 0.0532. The van der Waals surface area contributed by atoms with Gasteiger partial charge in [0.15, 0.2) is 0 Å². The molecule has 3 heteroatoms. The Hall–Kier alpha value is -0.900. The van der Waals surface area contributed by atoms with E-state index in [1.54, 1.807) is 7.11 Å². The second kappa shape index (κ2) is 7.77. The number of rotatable bonds is 6. The average Bonchev–Trinajstić information content (AvgIpc) is 2.49. The first-order chi connectivity index (χ1) is 9.76. The van der Waals surface area contributed by atoms with Crippen molar-refractivity contribution < 1.29 is 9.84 Å². The molecule has 1 aromatic carbocycles. The van der Waals surface area contributed by atoms with Gasteiger partial charge in [-0.2, -0.15) is 0 Å². The summed E-state index contributed by atoms with van der Waals surface area (Å²) < 4.78 is 5.68. The van der Waals surface area contributed by atoms with Crippen LogP contribution >= 0.6 is 0 Å². The summed E-state index contributed by atoms with van der Waals surface area (Å²) in [5.74, 6) is 0.388. The van der Waals surface area contributed by atoms with Crippen molar-refractivity contribution in [3.8, 4) is 0 Å². The van der Waals surface area contributed by atoms with Gasteiger partial charge < -0.3 is 15.2 Å². The van der Waals surface area contributed by atoms with E-state index in [0.717, 1.165) is 12.8 Å². The molecule has 20 heavy (non-hydrogen) atoms. The molecule has 0 radical (unpaired) electrons. The molecule has 0 heterocycles. The lowest BCUT2D eigenvalue weighted by Crippen LogP contribution is -2.46. The van der Waals surface area contributed by atoms with Gasteiger partial charge in [-0.15, -0.1) is 0 Å². The molecule has 0 saturated heterocycles. The highest BCUT2D eigenvalue weighted by Crippen LogP contribution is 2.27. The summed E-state index contributed by atoms with van der Waals surface area (Å²) in [6, 6.07) is 11.0. The van der Waals surface area contributed by atoms with Crippen molar-refractivity contribution in [2.75, 3.05) is 13.7 Å². The highest BCUT2D eigenvalue weighted by molar-refractivity contribution is 5.19. The first kappa shape index (κ1) is 15.5. The van der Waals surface area contributed by atoms with E-state index < -0.39 is 0 Å². The fourth-order valence-corrected chi connectivity index (χ4v) is 3.34. The van der Waals surface area contributed by atoms with E-state index in [0.29, 0.717) is 12.0 Å². The van der Waals surface area contributed by atoms with E-state index in [9.17, 15) is 5.11 Å². The molecule has 1 aliphatic rings. The minimum absolute atomic E-state index is 0.0532. The number of benzene rings is 1. The maximum Gasteiger partial charge on any atom is 0.0971 e. The third kappa shape index (κ3) is 3.81. The smallest absolute Gasteiger partial charge is 0.0971 e. The van der Waals surface area contributed by atoms with Crippen molar-refractivity contribution in [2.45, 2.75) is 50.8 Å². The molecule has 1 fully saturated rings. The third-order valence-corrected chi connectivity index (χ3v) is 4.46. The Kier molecular flexibility index (Phi) is 6.02. The summed E-state index contributed by atoms with van der Waals surface area (Å²) in [6.45, 7) is 2.46. The Balaban J connectivity index is 2.00. The van der Waals surface area contributed by atoms with Gasteiger partial charge >= 0.3 is 0 Å². The number of ether oxygens (including phenoxy) is 1. The molecule has 0 aromatic heterocycles. The Labute approximate surface area is 122 Å². The summed E-state index contributed by atoms with van der Waals surface area (Å²) in [6.07, 6.45) is 4.83. The lowest BCUT2D eigenvalue weighted by Gasteiger charge is -2.35. The van der Waals surface area contributed by atoms with Crippen LogP contribution < -0.4 is 5.32 Å². The molecule has 2 rings (SSSR count). The van der Waals surface area contributed by atoms with Gasteiger partial charge in [0, 0.05) is 25.8 Å². The average molecular weight is 277 g/mol. The summed E-state index contributed by atoms with van der Waals surface area (Å²) in [5, 5.41) is 13.2. The van der Waals surface area contributed by atoms with Crippen LogP contribution in [0.15, 0.2) is 30.3 Å². The van der Waals surface area contributed by atoms with Gasteiger partial charge in [0.25, 0.3) is 0 Å². The van der Waals surface area contributed by atoms with Crippen molar-refractivity contribution in [1.82, 2.24) is 5.32 Å². The van der Waals surface area contributed by atoms with Crippen molar-refractivity contribution in [1.29, 1.82) is 0 Å². The van der Waals surface area contributed by atoms with Crippen molar-refractivity contribution in [3.63, 3.8) is 0 Å². The SMILES string of the molecule is CO[C@H](c1ccccc1)[C@H](C)N[C@H]1CCCC[C@@H]1CO. The second-order valence-electron chi connectivity index (χ2n) is 5.86. The van der Waals surface area contributed by atoms with Crippen LogP contribution in [0.5, 0.6) is 0 Å². The third-order valence-electron chi connectivity index (χ3n) is 4.46. The fourth-order valence-electron chi connectivity index (χ4n) is 3.34. The number of hydrogen-bond acceptors (Lipinski definition) is 3. The molecular weight excluding hydrogens is 250 g/mol. The van der Waals surface area contributed by atoms with Crippen molar-refractivity contribution in [3.05, 3.63) is 35.9 Å². The van der Waals surface area contributed by atoms with Gasteiger partial charge in [-0.25, -0.2) is 0 Å². The zero-order valence-electron chi connectivity index (χ0n) is 12.6. The summed E-state index contributed by atoms with van der Waals surface area (Å²) in [5.41, 5.74) is 1.20. The summed E-state index contributed by atoms with van der Waals surface area (Å²) >= 11 is 0. The molecule has 3 nitrogen and oxygen atoms in total. The van der Waals surface area contributed by atoms with Crippen molar-refractivity contribution in [2.24, 2.45) is 5.92 Å². The van der Waals surface area contributed by atoms with Crippen LogP contribution in [-0.2, 0) is 4.74 Å². The van der Waals surface area contributed by atoms with E-state index in [1.165, 1.54) is 18.4 Å². The fraction of sp³-hybridized carbons (Fsp3) is 0.647. The van der Waals surface area contributed by atoms with Crippen LogP contribution in [-0.4, -0.2) is 30.9 Å².